The zero-order valence-corrected chi connectivity index (χ0v) is 46.3. The van der Waals surface area contributed by atoms with Crippen LogP contribution in [0.5, 0.6) is 0 Å². The fourth-order valence-corrected chi connectivity index (χ4v) is 11.9. The highest BCUT2D eigenvalue weighted by atomic mass is 32.2. The van der Waals surface area contributed by atoms with Crippen molar-refractivity contribution in [1.82, 2.24) is 9.97 Å². The van der Waals surface area contributed by atoms with Gasteiger partial charge in [0.25, 0.3) is 0 Å². The molecular weight excluding hydrogens is 949 g/mol. The number of aromatic nitrogens is 2. The van der Waals surface area contributed by atoms with Gasteiger partial charge < -0.3 is 29.9 Å². The average molecular weight is 1040 g/mol. The summed E-state index contributed by atoms with van der Waals surface area (Å²) < 4.78 is 12.8. The second kappa shape index (κ2) is 27.0. The van der Waals surface area contributed by atoms with Gasteiger partial charge in [-0.05, 0) is 135 Å². The van der Waals surface area contributed by atoms with Gasteiger partial charge in [-0.15, -0.1) is 11.3 Å². The highest BCUT2D eigenvalue weighted by molar-refractivity contribution is 8.00. The van der Waals surface area contributed by atoms with Gasteiger partial charge in [0.2, 0.25) is 0 Å². The predicted octanol–water partition coefficient (Wildman–Crippen LogP) is 11.2. The average Bonchev–Trinajstić information content (AvgIpc) is 4.22. The van der Waals surface area contributed by atoms with Crippen molar-refractivity contribution in [3.8, 4) is 0 Å². The quantitative estimate of drug-likeness (QED) is 0.158. The normalized spacial score (nSPS) is 34.4. The number of aryl methyl sites for hydroxylation is 1. The Hall–Kier alpha value is -3.27. The maximum atomic E-state index is 13.2. The molecule has 14 atom stereocenters. The lowest BCUT2D eigenvalue weighted by Crippen LogP contribution is -2.45. The molecule has 0 bridgehead atoms. The van der Waals surface area contributed by atoms with E-state index in [4.69, 9.17) is 9.47 Å². The van der Waals surface area contributed by atoms with E-state index in [0.717, 1.165) is 97.5 Å². The second-order valence-corrected chi connectivity index (χ2v) is 24.8. The smallest absolute Gasteiger partial charge is 0.309 e. The van der Waals surface area contributed by atoms with Crippen molar-refractivity contribution in [1.29, 1.82) is 0 Å². The van der Waals surface area contributed by atoms with Gasteiger partial charge in [0.1, 0.15) is 28.1 Å². The van der Waals surface area contributed by atoms with Crippen molar-refractivity contribution in [2.75, 3.05) is 6.26 Å². The van der Waals surface area contributed by atoms with Gasteiger partial charge in [0.05, 0.1) is 59.5 Å². The monoisotopic (exact) mass is 1040 g/mol. The highest BCUT2D eigenvalue weighted by Gasteiger charge is 2.46. The number of fused-ring (bicyclic) bond motifs is 2. The summed E-state index contributed by atoms with van der Waals surface area (Å²) in [7, 11) is 0. The summed E-state index contributed by atoms with van der Waals surface area (Å²) in [6.45, 7) is 20.1. The van der Waals surface area contributed by atoms with Crippen LogP contribution >= 0.6 is 23.1 Å². The summed E-state index contributed by atoms with van der Waals surface area (Å²) in [5.74, 6) is -0.518. The zero-order valence-electron chi connectivity index (χ0n) is 44.7. The number of hydrogen-bond acceptors (Lipinski definition) is 14. The first-order valence-corrected chi connectivity index (χ1v) is 28.5. The highest BCUT2D eigenvalue weighted by Crippen LogP contribution is 2.48. The zero-order chi connectivity index (χ0) is 52.5. The number of rotatable bonds is 6. The minimum atomic E-state index is -1.20. The Morgan fingerprint density at radius 2 is 1.14 bits per heavy atom. The van der Waals surface area contributed by atoms with Crippen molar-refractivity contribution >= 4 is 58.8 Å². The molecule has 0 aromatic carbocycles. The van der Waals surface area contributed by atoms with Gasteiger partial charge in [0, 0.05) is 23.4 Å². The molecule has 2 saturated carbocycles. The number of ether oxygens (including phenoxy) is 2. The molecule has 0 unspecified atom stereocenters. The van der Waals surface area contributed by atoms with E-state index < -0.39 is 65.1 Å². The largest absolute Gasteiger partial charge is 0.458 e. The number of carbonyl (C=O) groups is 4. The second-order valence-electron chi connectivity index (χ2n) is 22.9. The summed E-state index contributed by atoms with van der Waals surface area (Å²) in [6.07, 6.45) is 13.2. The lowest BCUT2D eigenvalue weighted by Gasteiger charge is -2.34. The fourth-order valence-electron chi connectivity index (χ4n) is 10.7. The molecule has 4 fully saturated rings. The van der Waals surface area contributed by atoms with Gasteiger partial charge in [-0.1, -0.05) is 113 Å². The molecule has 6 rings (SSSR count). The summed E-state index contributed by atoms with van der Waals surface area (Å²) in [5, 5.41) is 45.4. The Kier molecular flexibility index (Phi) is 23.0. The molecule has 4 aliphatic rings. The van der Waals surface area contributed by atoms with E-state index in [1.165, 1.54) is 5.56 Å². The van der Waals surface area contributed by atoms with Crippen LogP contribution in [-0.4, -0.2) is 96.8 Å². The lowest BCUT2D eigenvalue weighted by atomic mass is 9.73. The molecule has 12 nitrogen and oxygen atoms in total. The van der Waals surface area contributed by atoms with Gasteiger partial charge in [0.15, 0.2) is 0 Å². The predicted molar refractivity (Wildman–Crippen MR) is 289 cm³/mol. The number of hydrogen-bond donors (Lipinski definition) is 4. The molecule has 2 aliphatic carbocycles. The molecule has 2 aromatic heterocycles. The van der Waals surface area contributed by atoms with Crippen LogP contribution in [0, 0.1) is 58.2 Å². The summed E-state index contributed by atoms with van der Waals surface area (Å²) >= 11 is 3.20. The van der Waals surface area contributed by atoms with E-state index in [2.05, 4.69) is 23.0 Å². The number of thiazole rings is 1. The maximum Gasteiger partial charge on any atom is 0.309 e. The van der Waals surface area contributed by atoms with Crippen LogP contribution < -0.4 is 0 Å². The lowest BCUT2D eigenvalue weighted by molar-refractivity contribution is -0.156. The number of aliphatic hydroxyl groups excluding tert-OH is 4. The molecular formula is C58H90N2O10S2. The van der Waals surface area contributed by atoms with Crippen LogP contribution in [0.2, 0.25) is 0 Å². The number of carbonyl (C=O) groups excluding carboxylic acids is 4. The van der Waals surface area contributed by atoms with Crippen molar-refractivity contribution in [3.05, 3.63) is 51.8 Å². The molecule has 72 heavy (non-hydrogen) atoms. The number of pyridine rings is 1. The van der Waals surface area contributed by atoms with Gasteiger partial charge in [-0.3, -0.25) is 24.2 Å². The Morgan fingerprint density at radius 3 is 1.53 bits per heavy atom. The number of Topliss-reactive ketones (excluding diaryl/α,β-unsaturated/α-hetero) is 2. The summed E-state index contributed by atoms with van der Waals surface area (Å²) in [6, 6.07) is 4.04. The first-order chi connectivity index (χ1) is 33.4. The number of aliphatic hydroxyl groups is 4. The minimum Gasteiger partial charge on any atom is -0.458 e. The van der Waals surface area contributed by atoms with Crippen LogP contribution in [0.15, 0.2) is 39.2 Å². The molecule has 0 amide bonds. The third-order valence-electron chi connectivity index (χ3n) is 16.6. The summed E-state index contributed by atoms with van der Waals surface area (Å²) in [4.78, 5) is 61.4. The third kappa shape index (κ3) is 16.6. The standard InChI is InChI=1S/C30H45NO5.C27H41NO5S2.CH4/c1-7-21-11-12-24(31-17-21)13-19(3)25-15-23-14-22(23)10-8-9-18(2)28(34)20(4)29(35)30(5,6)26(32)16-27(33)36-25;1-15-8-7-9-18-11-19(18)12-21(16(2)10-20-14-35-26(28-20)34-6)33-23(30)13-22(29)27(4,5)25(32)17(3)24(15)31;/h11-13,17-18,20,22-23,25-26,28,32,34H,7-10,14-16H2,1-6H3;10,14-15,17-19,21-22,24,29,31H,7-9,11-13H2,1-6H3;1H4/b19-13+;16-10+;/t18-,20+,22+,23-,25-,26-,28-;15-,17+,18+,19-,21-,22-,24-;/m00./s1. The van der Waals surface area contributed by atoms with Crippen molar-refractivity contribution in [2.24, 2.45) is 58.2 Å². The minimum absolute atomic E-state index is 0. The molecule has 4 N–H and O–H groups in total. The summed E-state index contributed by atoms with van der Waals surface area (Å²) in [5.41, 5.74) is 2.38. The third-order valence-corrected chi connectivity index (χ3v) is 18.4. The maximum absolute atomic E-state index is 13.2. The number of thioether (sulfide) groups is 1. The van der Waals surface area contributed by atoms with Crippen LogP contribution in [0.3, 0.4) is 0 Å². The molecule has 2 saturated heterocycles. The van der Waals surface area contributed by atoms with E-state index in [0.29, 0.717) is 23.7 Å². The molecule has 14 heteroatoms. The number of cyclic esters (lactones) is 2. The molecule has 404 valence electrons. The van der Waals surface area contributed by atoms with Crippen LogP contribution in [0.1, 0.15) is 178 Å². The Bertz CT molecular complexity index is 2170. The molecule has 0 radical (unpaired) electrons. The first kappa shape index (κ1) is 61.3. The van der Waals surface area contributed by atoms with Crippen LogP contribution in [0.25, 0.3) is 12.2 Å². The van der Waals surface area contributed by atoms with Crippen LogP contribution in [0.4, 0.5) is 0 Å². The molecule has 0 spiro atoms. The Labute approximate surface area is 440 Å². The van der Waals surface area contributed by atoms with Crippen molar-refractivity contribution in [2.45, 2.75) is 208 Å². The van der Waals surface area contributed by atoms with Gasteiger partial charge in [-0.2, -0.15) is 0 Å². The number of ketones is 2. The first-order valence-electron chi connectivity index (χ1n) is 26.4. The number of esters is 2. The van der Waals surface area contributed by atoms with Gasteiger partial charge >= 0.3 is 11.9 Å². The van der Waals surface area contributed by atoms with Crippen molar-refractivity contribution < 1.29 is 49.1 Å². The molecule has 2 aliphatic heterocycles. The van der Waals surface area contributed by atoms with Gasteiger partial charge in [-0.25, -0.2) is 4.98 Å². The Balaban J connectivity index is 0.000000308. The Morgan fingerprint density at radius 1 is 0.694 bits per heavy atom. The van der Waals surface area contributed by atoms with E-state index in [-0.39, 0.29) is 49.8 Å². The van der Waals surface area contributed by atoms with E-state index >= 15 is 0 Å². The number of nitrogens with zero attached hydrogens (tertiary/aromatic N) is 2. The van der Waals surface area contributed by atoms with E-state index in [1.54, 1.807) is 64.6 Å². The van der Waals surface area contributed by atoms with Crippen LogP contribution in [-0.2, 0) is 35.1 Å². The molecule has 2 aromatic rings. The van der Waals surface area contributed by atoms with Crippen molar-refractivity contribution in [3.63, 3.8) is 0 Å². The fraction of sp³-hybridized carbons (Fsp3) is 0.724. The van der Waals surface area contributed by atoms with E-state index in [1.807, 2.05) is 63.7 Å². The molecule has 4 heterocycles. The SMILES string of the molecule is C.CCc1ccc(/C=C(\C)[C@@H]2C[C@@H]3C[C@H]3CCC[C@H](C)[C@H](O)[C@@H](C)C(=O)C(C)(C)[C@@H](O)CC(=O)O2)nc1.CSc1nc(/C=C(\C)[C@@H]2C[C@@H]3C[C@H]3CCC[C@H](C)[C@H](O)[C@@H](C)C(=O)C(C)(C)[C@@H](O)CC(=O)O2)cs1. The van der Waals surface area contributed by atoms with E-state index in [9.17, 15) is 39.6 Å². The topological polar surface area (TPSA) is 193 Å².